The van der Waals surface area contributed by atoms with Gasteiger partial charge in [-0.25, -0.2) is 0 Å². The molecule has 1 saturated heterocycles. The van der Waals surface area contributed by atoms with Gasteiger partial charge in [-0.1, -0.05) is 0 Å². The molecule has 0 saturated carbocycles. The van der Waals surface area contributed by atoms with Gasteiger partial charge in [0.25, 0.3) is 0 Å². The molecule has 1 aliphatic rings. The fraction of sp³-hybridized carbons (Fsp3) is 0.727. The lowest BCUT2D eigenvalue weighted by Crippen LogP contribution is -2.25. The van der Waals surface area contributed by atoms with E-state index in [4.69, 9.17) is 16.3 Å². The van der Waals surface area contributed by atoms with Crippen molar-refractivity contribution in [2.45, 2.75) is 12.8 Å². The molecule has 1 aromatic rings. The molecule has 0 atom stereocenters. The molecule has 0 N–H and O–H groups in total. The van der Waals surface area contributed by atoms with Gasteiger partial charge >= 0.3 is 6.01 Å². The van der Waals surface area contributed by atoms with Gasteiger partial charge in [0.15, 0.2) is 0 Å². The monoisotopic (exact) mass is 271 g/mol. The van der Waals surface area contributed by atoms with E-state index in [1.807, 2.05) is 14.1 Å². The minimum absolute atomic E-state index is 0.157. The van der Waals surface area contributed by atoms with Crippen LogP contribution in [-0.2, 0) is 0 Å². The number of hydrogen-bond acceptors (Lipinski definition) is 6. The van der Waals surface area contributed by atoms with Crippen molar-refractivity contribution < 1.29 is 4.74 Å². The van der Waals surface area contributed by atoms with Gasteiger partial charge in [-0.2, -0.15) is 15.0 Å². The summed E-state index contributed by atoms with van der Waals surface area (Å²) in [5.74, 6) is 0.506. The van der Waals surface area contributed by atoms with E-state index in [-0.39, 0.29) is 11.3 Å². The Morgan fingerprint density at radius 3 is 2.61 bits per heavy atom. The van der Waals surface area contributed by atoms with Crippen LogP contribution in [-0.4, -0.2) is 60.2 Å². The highest BCUT2D eigenvalue weighted by atomic mass is 35.5. The number of anilines is 1. The van der Waals surface area contributed by atoms with Gasteiger partial charge in [0.1, 0.15) is 6.61 Å². The minimum Gasteiger partial charge on any atom is -0.462 e. The Bertz CT molecular complexity index is 395. The summed E-state index contributed by atoms with van der Waals surface area (Å²) in [4.78, 5) is 16.3. The average molecular weight is 272 g/mol. The Kier molecular flexibility index (Phi) is 4.54. The van der Waals surface area contributed by atoms with Gasteiger partial charge in [-0.15, -0.1) is 0 Å². The quantitative estimate of drug-likeness (QED) is 0.798. The Labute approximate surface area is 112 Å². The third-order valence-corrected chi connectivity index (χ3v) is 2.98. The average Bonchev–Trinajstić information content (AvgIpc) is 2.81. The van der Waals surface area contributed by atoms with Crippen molar-refractivity contribution in [1.29, 1.82) is 0 Å². The van der Waals surface area contributed by atoms with E-state index in [1.165, 1.54) is 12.8 Å². The summed E-state index contributed by atoms with van der Waals surface area (Å²) in [7, 11) is 3.69. The van der Waals surface area contributed by atoms with E-state index < -0.39 is 0 Å². The first-order chi connectivity index (χ1) is 8.65. The summed E-state index contributed by atoms with van der Waals surface area (Å²) < 4.78 is 5.52. The van der Waals surface area contributed by atoms with Crippen LogP contribution in [0, 0.1) is 0 Å². The third kappa shape index (κ3) is 3.68. The molecule has 18 heavy (non-hydrogen) atoms. The molecule has 1 aromatic heterocycles. The third-order valence-electron chi connectivity index (χ3n) is 2.81. The Morgan fingerprint density at radius 2 is 1.94 bits per heavy atom. The van der Waals surface area contributed by atoms with Gasteiger partial charge < -0.3 is 9.64 Å². The highest BCUT2D eigenvalue weighted by Gasteiger charge is 2.12. The van der Waals surface area contributed by atoms with Crippen LogP contribution < -0.4 is 9.64 Å². The molecule has 1 fully saturated rings. The molecule has 0 spiro atoms. The maximum atomic E-state index is 5.82. The van der Waals surface area contributed by atoms with E-state index in [1.54, 1.807) is 4.90 Å². The summed E-state index contributed by atoms with van der Waals surface area (Å²) >= 11 is 5.82. The first kappa shape index (κ1) is 13.3. The SMILES string of the molecule is CN(C)c1nc(Cl)nc(OCCN2CCCC2)n1. The highest BCUT2D eigenvalue weighted by Crippen LogP contribution is 2.13. The molecular weight excluding hydrogens is 254 g/mol. The molecular formula is C11H18ClN5O. The molecule has 0 aromatic carbocycles. The summed E-state index contributed by atoms with van der Waals surface area (Å²) in [6.07, 6.45) is 2.56. The summed E-state index contributed by atoms with van der Waals surface area (Å²) in [6, 6.07) is 0.290. The summed E-state index contributed by atoms with van der Waals surface area (Å²) in [5, 5.41) is 0.157. The van der Waals surface area contributed by atoms with E-state index in [9.17, 15) is 0 Å². The number of nitrogens with zero attached hydrogens (tertiary/aromatic N) is 5. The predicted octanol–water partition coefficient (Wildman–Crippen LogP) is 1.07. The predicted molar refractivity (Wildman–Crippen MR) is 70.3 cm³/mol. The molecule has 0 aliphatic carbocycles. The number of rotatable bonds is 5. The van der Waals surface area contributed by atoms with Crippen molar-refractivity contribution in [3.8, 4) is 6.01 Å². The molecule has 0 unspecified atom stereocenters. The van der Waals surface area contributed by atoms with Crippen LogP contribution in [0.25, 0.3) is 0 Å². The van der Waals surface area contributed by atoms with Gasteiger partial charge in [-0.3, -0.25) is 4.90 Å². The smallest absolute Gasteiger partial charge is 0.322 e. The highest BCUT2D eigenvalue weighted by molar-refractivity contribution is 6.28. The second-order valence-corrected chi connectivity index (χ2v) is 4.82. The van der Waals surface area contributed by atoms with Crippen LogP contribution in [0.2, 0.25) is 5.28 Å². The lowest BCUT2D eigenvalue weighted by Gasteiger charge is -2.15. The topological polar surface area (TPSA) is 54.4 Å². The molecule has 2 heterocycles. The van der Waals surface area contributed by atoms with E-state index in [2.05, 4.69) is 19.9 Å². The largest absolute Gasteiger partial charge is 0.462 e. The summed E-state index contributed by atoms with van der Waals surface area (Å²) in [5.41, 5.74) is 0. The van der Waals surface area contributed by atoms with Crippen LogP contribution in [0.3, 0.4) is 0 Å². The zero-order valence-corrected chi connectivity index (χ0v) is 11.5. The minimum atomic E-state index is 0.157. The molecule has 6 nitrogen and oxygen atoms in total. The van der Waals surface area contributed by atoms with Crippen LogP contribution >= 0.6 is 11.6 Å². The second kappa shape index (κ2) is 6.15. The molecule has 7 heteroatoms. The maximum Gasteiger partial charge on any atom is 0.322 e. The zero-order valence-electron chi connectivity index (χ0n) is 10.8. The van der Waals surface area contributed by atoms with Crippen molar-refractivity contribution in [3.05, 3.63) is 5.28 Å². The lowest BCUT2D eigenvalue weighted by molar-refractivity contribution is 0.225. The van der Waals surface area contributed by atoms with E-state index in [0.717, 1.165) is 19.6 Å². The maximum absolute atomic E-state index is 5.82. The molecule has 0 amide bonds. The molecule has 2 rings (SSSR count). The lowest BCUT2D eigenvalue weighted by atomic mass is 10.4. The van der Waals surface area contributed by atoms with E-state index in [0.29, 0.717) is 12.6 Å². The van der Waals surface area contributed by atoms with Crippen molar-refractivity contribution in [3.63, 3.8) is 0 Å². The first-order valence-electron chi connectivity index (χ1n) is 6.09. The second-order valence-electron chi connectivity index (χ2n) is 4.48. The van der Waals surface area contributed by atoms with Crippen LogP contribution in [0.1, 0.15) is 12.8 Å². The number of hydrogen-bond donors (Lipinski definition) is 0. The van der Waals surface area contributed by atoms with Crippen molar-refractivity contribution >= 4 is 17.5 Å². The molecule has 1 aliphatic heterocycles. The number of likely N-dealkylation sites (tertiary alicyclic amines) is 1. The normalized spacial score (nSPS) is 15.9. The Hall–Kier alpha value is -1.14. The van der Waals surface area contributed by atoms with Crippen LogP contribution in [0.15, 0.2) is 0 Å². The van der Waals surface area contributed by atoms with Crippen LogP contribution in [0.4, 0.5) is 5.95 Å². The number of halogens is 1. The van der Waals surface area contributed by atoms with Gasteiger partial charge in [0.2, 0.25) is 11.2 Å². The standard InChI is InChI=1S/C11H18ClN5O/c1-16(2)10-13-9(12)14-11(15-10)18-8-7-17-5-3-4-6-17/h3-8H2,1-2H3. The van der Waals surface area contributed by atoms with Crippen molar-refractivity contribution in [1.82, 2.24) is 19.9 Å². The first-order valence-corrected chi connectivity index (χ1v) is 6.47. The van der Waals surface area contributed by atoms with E-state index >= 15 is 0 Å². The van der Waals surface area contributed by atoms with Gasteiger partial charge in [0.05, 0.1) is 0 Å². The Morgan fingerprint density at radius 1 is 1.22 bits per heavy atom. The molecule has 0 bridgehead atoms. The Balaban J connectivity index is 1.88. The van der Waals surface area contributed by atoms with Gasteiger partial charge in [0, 0.05) is 20.6 Å². The van der Waals surface area contributed by atoms with Crippen molar-refractivity contribution in [2.24, 2.45) is 0 Å². The molecule has 0 radical (unpaired) electrons. The fourth-order valence-electron chi connectivity index (χ4n) is 1.86. The number of aromatic nitrogens is 3. The molecule has 100 valence electrons. The number of ether oxygens (including phenoxy) is 1. The van der Waals surface area contributed by atoms with Crippen LogP contribution in [0.5, 0.6) is 6.01 Å². The fourth-order valence-corrected chi connectivity index (χ4v) is 2.01. The van der Waals surface area contributed by atoms with Crippen molar-refractivity contribution in [2.75, 3.05) is 45.2 Å². The summed E-state index contributed by atoms with van der Waals surface area (Å²) in [6.45, 7) is 3.79. The zero-order chi connectivity index (χ0) is 13.0. The van der Waals surface area contributed by atoms with Gasteiger partial charge in [-0.05, 0) is 37.5 Å².